The number of Topliss-reactive ketones (excluding diaryl/α,β-unsaturated/α-hetero) is 1. The van der Waals surface area contributed by atoms with Crippen LogP contribution in [-0.4, -0.2) is 16.8 Å². The largest absolute Gasteiger partial charge is 0.305 e. The fraction of sp³-hybridized carbons (Fsp3) is 0.385. The van der Waals surface area contributed by atoms with Gasteiger partial charge in [-0.3, -0.25) is 4.79 Å². The van der Waals surface area contributed by atoms with Crippen molar-refractivity contribution >= 4 is 27.3 Å². The molecule has 17 heavy (non-hydrogen) atoms. The minimum absolute atomic E-state index is 0.101. The van der Waals surface area contributed by atoms with E-state index in [4.69, 9.17) is 0 Å². The van der Waals surface area contributed by atoms with E-state index < -0.39 is 0 Å². The highest BCUT2D eigenvalue weighted by atomic mass is 32.1. The molecule has 88 valence electrons. The Morgan fingerprint density at radius 3 is 2.94 bits per heavy atom. The van der Waals surface area contributed by atoms with Gasteiger partial charge in [0.15, 0.2) is 0 Å². The summed E-state index contributed by atoms with van der Waals surface area (Å²) in [6.45, 7) is 2.05. The van der Waals surface area contributed by atoms with Crippen molar-refractivity contribution in [2.75, 3.05) is 0 Å². The highest BCUT2D eigenvalue weighted by molar-refractivity contribution is 7.18. The highest BCUT2D eigenvalue weighted by Gasteiger charge is 2.27. The minimum atomic E-state index is 0.101. The van der Waals surface area contributed by atoms with Crippen molar-refractivity contribution in [3.8, 4) is 0 Å². The van der Waals surface area contributed by atoms with Crippen LogP contribution in [0.15, 0.2) is 24.3 Å². The van der Waals surface area contributed by atoms with Crippen LogP contribution in [0.1, 0.15) is 30.8 Å². The first-order valence-corrected chi connectivity index (χ1v) is 6.67. The molecule has 0 radical (unpaired) electrons. The average Bonchev–Trinajstić information content (AvgIpc) is 2.71. The van der Waals surface area contributed by atoms with Crippen LogP contribution in [0.2, 0.25) is 0 Å². The number of hydrogen-bond acceptors (Lipinski definition) is 4. The maximum atomic E-state index is 11.6. The number of carbonyl (C=O) groups excluding carboxylic acids is 1. The Balaban J connectivity index is 1.95. The zero-order valence-corrected chi connectivity index (χ0v) is 10.5. The lowest BCUT2D eigenvalue weighted by atomic mass is 9.99. The number of piperidine rings is 1. The fourth-order valence-electron chi connectivity index (χ4n) is 2.31. The summed E-state index contributed by atoms with van der Waals surface area (Å²) >= 11 is 1.68. The first-order chi connectivity index (χ1) is 8.22. The van der Waals surface area contributed by atoms with Gasteiger partial charge in [-0.05, 0) is 19.1 Å². The maximum Gasteiger partial charge on any atom is 0.136 e. The topological polar surface area (TPSA) is 42.0 Å². The number of hydrogen-bond donors (Lipinski definition) is 1. The summed E-state index contributed by atoms with van der Waals surface area (Å²) in [4.78, 5) is 16.2. The number of fused-ring (bicyclic) bond motifs is 1. The monoisotopic (exact) mass is 246 g/mol. The Hall–Kier alpha value is -1.26. The maximum absolute atomic E-state index is 11.6. The van der Waals surface area contributed by atoms with Crippen molar-refractivity contribution in [1.29, 1.82) is 0 Å². The van der Waals surface area contributed by atoms with E-state index >= 15 is 0 Å². The van der Waals surface area contributed by atoms with E-state index in [1.165, 1.54) is 4.70 Å². The Bertz CT molecular complexity index is 530. The molecule has 2 aromatic rings. The van der Waals surface area contributed by atoms with E-state index in [1.807, 2.05) is 18.2 Å². The molecule has 0 bridgehead atoms. The number of carbonyl (C=O) groups is 1. The van der Waals surface area contributed by atoms with Gasteiger partial charge in [-0.25, -0.2) is 4.98 Å². The van der Waals surface area contributed by atoms with E-state index in [-0.39, 0.29) is 12.1 Å². The summed E-state index contributed by atoms with van der Waals surface area (Å²) < 4.78 is 1.19. The lowest BCUT2D eigenvalue weighted by Gasteiger charge is -2.26. The molecule has 0 spiro atoms. The summed E-state index contributed by atoms with van der Waals surface area (Å²) in [6.07, 6.45) is 1.21. The fourth-order valence-corrected chi connectivity index (χ4v) is 3.34. The van der Waals surface area contributed by atoms with E-state index in [0.717, 1.165) is 10.5 Å². The van der Waals surface area contributed by atoms with Gasteiger partial charge < -0.3 is 5.32 Å². The molecule has 0 saturated carbocycles. The van der Waals surface area contributed by atoms with Gasteiger partial charge in [-0.1, -0.05) is 12.1 Å². The normalized spacial score (nSPS) is 25.4. The van der Waals surface area contributed by atoms with Crippen LogP contribution in [0.25, 0.3) is 10.2 Å². The lowest BCUT2D eigenvalue weighted by molar-refractivity contribution is -0.121. The predicted octanol–water partition coefficient (Wildman–Crippen LogP) is 2.68. The Kier molecular flexibility index (Phi) is 2.68. The molecule has 1 aliphatic heterocycles. The summed E-state index contributed by atoms with van der Waals surface area (Å²) in [6, 6.07) is 8.46. The molecular weight excluding hydrogens is 232 g/mol. The summed E-state index contributed by atoms with van der Waals surface area (Å²) in [5.74, 6) is 0.334. The number of nitrogens with zero attached hydrogens (tertiary/aromatic N) is 1. The quantitative estimate of drug-likeness (QED) is 0.841. The van der Waals surface area contributed by atoms with Gasteiger partial charge in [0, 0.05) is 18.9 Å². The Morgan fingerprint density at radius 1 is 1.35 bits per heavy atom. The number of nitrogens with one attached hydrogen (secondary N) is 1. The Morgan fingerprint density at radius 2 is 2.18 bits per heavy atom. The standard InChI is InChI=1S/C13H14N2OS/c1-8-6-9(16)7-11(14-8)13-15-10-4-2-3-5-12(10)17-13/h2-5,8,11,14H,6-7H2,1H3. The second-order valence-electron chi connectivity index (χ2n) is 4.59. The van der Waals surface area contributed by atoms with Crippen LogP contribution in [-0.2, 0) is 4.79 Å². The second-order valence-corrected chi connectivity index (χ2v) is 5.65. The lowest BCUT2D eigenvalue weighted by Crippen LogP contribution is -2.38. The van der Waals surface area contributed by atoms with Gasteiger partial charge >= 0.3 is 0 Å². The average molecular weight is 246 g/mol. The smallest absolute Gasteiger partial charge is 0.136 e. The molecule has 2 heterocycles. The molecule has 1 N–H and O–H groups in total. The SMILES string of the molecule is CC1CC(=O)CC(c2nc3ccccc3s2)N1. The van der Waals surface area contributed by atoms with Crippen molar-refractivity contribution < 1.29 is 4.79 Å². The van der Waals surface area contributed by atoms with Gasteiger partial charge in [-0.15, -0.1) is 11.3 Å². The summed E-state index contributed by atoms with van der Waals surface area (Å²) in [5, 5.41) is 4.48. The molecule has 3 nitrogen and oxygen atoms in total. The first kappa shape index (κ1) is 10.9. The number of aromatic nitrogens is 1. The van der Waals surface area contributed by atoms with Crippen LogP contribution >= 0.6 is 11.3 Å². The van der Waals surface area contributed by atoms with Crippen molar-refractivity contribution in [1.82, 2.24) is 10.3 Å². The zero-order chi connectivity index (χ0) is 11.8. The molecule has 1 aromatic heterocycles. The van der Waals surface area contributed by atoms with Gasteiger partial charge in [-0.2, -0.15) is 0 Å². The number of thiazole rings is 1. The van der Waals surface area contributed by atoms with E-state index in [9.17, 15) is 4.79 Å². The molecule has 1 aliphatic rings. The number of benzene rings is 1. The molecular formula is C13H14N2OS. The highest BCUT2D eigenvalue weighted by Crippen LogP contribution is 2.30. The predicted molar refractivity (Wildman–Crippen MR) is 69.2 cm³/mol. The van der Waals surface area contributed by atoms with Gasteiger partial charge in [0.05, 0.1) is 16.3 Å². The van der Waals surface area contributed by atoms with Crippen LogP contribution in [0, 0.1) is 0 Å². The molecule has 1 aromatic carbocycles. The van der Waals surface area contributed by atoms with E-state index in [2.05, 4.69) is 23.3 Å². The molecule has 2 unspecified atom stereocenters. The van der Waals surface area contributed by atoms with Gasteiger partial charge in [0.25, 0.3) is 0 Å². The van der Waals surface area contributed by atoms with Crippen LogP contribution in [0.4, 0.5) is 0 Å². The third kappa shape index (κ3) is 2.10. The van der Waals surface area contributed by atoms with Crippen LogP contribution < -0.4 is 5.32 Å². The van der Waals surface area contributed by atoms with Crippen LogP contribution in [0.5, 0.6) is 0 Å². The van der Waals surface area contributed by atoms with Crippen molar-refractivity contribution in [3.63, 3.8) is 0 Å². The third-order valence-corrected chi connectivity index (χ3v) is 4.21. The molecule has 2 atom stereocenters. The molecule has 0 aliphatic carbocycles. The van der Waals surface area contributed by atoms with Crippen molar-refractivity contribution in [2.24, 2.45) is 0 Å². The number of rotatable bonds is 1. The molecule has 0 amide bonds. The zero-order valence-electron chi connectivity index (χ0n) is 9.64. The van der Waals surface area contributed by atoms with E-state index in [0.29, 0.717) is 18.6 Å². The van der Waals surface area contributed by atoms with Crippen molar-refractivity contribution in [3.05, 3.63) is 29.3 Å². The van der Waals surface area contributed by atoms with Gasteiger partial charge in [0.2, 0.25) is 0 Å². The first-order valence-electron chi connectivity index (χ1n) is 5.85. The molecule has 3 rings (SSSR count). The molecule has 4 heteroatoms. The van der Waals surface area contributed by atoms with Crippen molar-refractivity contribution in [2.45, 2.75) is 31.8 Å². The van der Waals surface area contributed by atoms with E-state index in [1.54, 1.807) is 11.3 Å². The summed E-state index contributed by atoms with van der Waals surface area (Å²) in [7, 11) is 0. The number of ketones is 1. The molecule has 1 saturated heterocycles. The number of para-hydroxylation sites is 1. The van der Waals surface area contributed by atoms with Crippen LogP contribution in [0.3, 0.4) is 0 Å². The second kappa shape index (κ2) is 4.20. The minimum Gasteiger partial charge on any atom is -0.305 e. The molecule has 1 fully saturated rings. The van der Waals surface area contributed by atoms with Gasteiger partial charge in [0.1, 0.15) is 10.8 Å². The summed E-state index contributed by atoms with van der Waals surface area (Å²) in [5.41, 5.74) is 1.03. The Labute approximate surface area is 104 Å². The third-order valence-electron chi connectivity index (χ3n) is 3.06.